The molecule has 8 nitrogen and oxygen atoms in total. The number of hydrogen-bond donors (Lipinski definition) is 1. The Labute approximate surface area is 194 Å². The SMILES string of the molecule is CC1CN(C(=O)c2cc(Cc3n[nH]c(=O)c4ccccc34)ccc2F)Cc2nnc(C3CC3)n21. The van der Waals surface area contributed by atoms with Gasteiger partial charge in [-0.2, -0.15) is 5.10 Å². The van der Waals surface area contributed by atoms with Crippen molar-refractivity contribution in [2.45, 2.75) is 44.7 Å². The molecule has 0 radical (unpaired) electrons. The lowest BCUT2D eigenvalue weighted by atomic mass is 10.0. The summed E-state index contributed by atoms with van der Waals surface area (Å²) in [6.07, 6.45) is 2.61. The number of fused-ring (bicyclic) bond motifs is 2. The van der Waals surface area contributed by atoms with Crippen molar-refractivity contribution in [2.24, 2.45) is 0 Å². The summed E-state index contributed by atoms with van der Waals surface area (Å²) in [7, 11) is 0. The van der Waals surface area contributed by atoms with Crippen LogP contribution in [-0.4, -0.2) is 42.3 Å². The van der Waals surface area contributed by atoms with Gasteiger partial charge in [-0.05, 0) is 43.5 Å². The summed E-state index contributed by atoms with van der Waals surface area (Å²) in [6, 6.07) is 11.8. The molecule has 2 aromatic carbocycles. The van der Waals surface area contributed by atoms with E-state index < -0.39 is 5.82 Å². The van der Waals surface area contributed by atoms with E-state index in [0.29, 0.717) is 36.5 Å². The van der Waals surface area contributed by atoms with Crippen molar-refractivity contribution in [1.29, 1.82) is 0 Å². The summed E-state index contributed by atoms with van der Waals surface area (Å²) < 4.78 is 16.9. The van der Waals surface area contributed by atoms with Gasteiger partial charge in [-0.15, -0.1) is 10.2 Å². The second-order valence-electron chi connectivity index (χ2n) is 9.19. The molecule has 1 aliphatic carbocycles. The number of aromatic nitrogens is 5. The van der Waals surface area contributed by atoms with Gasteiger partial charge in [0.05, 0.1) is 29.2 Å². The predicted octanol–water partition coefficient (Wildman–Crippen LogP) is 3.34. The molecule has 1 unspecified atom stereocenters. The molecule has 0 saturated heterocycles. The van der Waals surface area contributed by atoms with Crippen LogP contribution in [0.2, 0.25) is 0 Å². The van der Waals surface area contributed by atoms with Gasteiger partial charge < -0.3 is 9.47 Å². The number of halogens is 1. The summed E-state index contributed by atoms with van der Waals surface area (Å²) in [5.74, 6) is 1.29. The third kappa shape index (κ3) is 3.48. The molecule has 1 aliphatic heterocycles. The van der Waals surface area contributed by atoms with Crippen LogP contribution in [0.5, 0.6) is 0 Å². The molecule has 2 aromatic heterocycles. The molecule has 34 heavy (non-hydrogen) atoms. The van der Waals surface area contributed by atoms with Crippen molar-refractivity contribution in [3.05, 3.63) is 87.1 Å². The quantitative estimate of drug-likeness (QED) is 0.506. The minimum Gasteiger partial charge on any atom is -0.329 e. The molecule has 6 rings (SSSR count). The highest BCUT2D eigenvalue weighted by molar-refractivity contribution is 5.95. The van der Waals surface area contributed by atoms with E-state index in [0.717, 1.165) is 35.4 Å². The van der Waals surface area contributed by atoms with Gasteiger partial charge in [-0.3, -0.25) is 9.59 Å². The maximum absolute atomic E-state index is 14.8. The highest BCUT2D eigenvalue weighted by atomic mass is 19.1. The molecule has 3 heterocycles. The van der Waals surface area contributed by atoms with Crippen molar-refractivity contribution in [3.63, 3.8) is 0 Å². The molecule has 0 bridgehead atoms. The van der Waals surface area contributed by atoms with Crippen LogP contribution in [0.15, 0.2) is 47.3 Å². The molecular weight excluding hydrogens is 435 g/mol. The third-order valence-electron chi connectivity index (χ3n) is 6.69. The van der Waals surface area contributed by atoms with E-state index in [-0.39, 0.29) is 23.1 Å². The first kappa shape index (κ1) is 20.7. The monoisotopic (exact) mass is 458 g/mol. The zero-order valence-electron chi connectivity index (χ0n) is 18.7. The lowest BCUT2D eigenvalue weighted by Crippen LogP contribution is -2.41. The first-order chi connectivity index (χ1) is 16.5. The smallest absolute Gasteiger partial charge is 0.272 e. The number of H-pyrrole nitrogens is 1. The van der Waals surface area contributed by atoms with E-state index in [9.17, 15) is 14.0 Å². The maximum Gasteiger partial charge on any atom is 0.272 e. The second-order valence-corrected chi connectivity index (χ2v) is 9.19. The fourth-order valence-electron chi connectivity index (χ4n) is 4.85. The van der Waals surface area contributed by atoms with Crippen molar-refractivity contribution >= 4 is 16.7 Å². The van der Waals surface area contributed by atoms with E-state index in [1.807, 2.05) is 19.1 Å². The number of rotatable bonds is 4. The van der Waals surface area contributed by atoms with Crippen molar-refractivity contribution in [1.82, 2.24) is 29.9 Å². The van der Waals surface area contributed by atoms with E-state index in [2.05, 4.69) is 25.0 Å². The van der Waals surface area contributed by atoms with Crippen molar-refractivity contribution in [3.8, 4) is 0 Å². The number of aromatic amines is 1. The Hall–Kier alpha value is -3.88. The molecule has 1 N–H and O–H groups in total. The fourth-order valence-corrected chi connectivity index (χ4v) is 4.85. The molecule has 4 aromatic rings. The van der Waals surface area contributed by atoms with Gasteiger partial charge in [0.2, 0.25) is 0 Å². The molecule has 1 amide bonds. The first-order valence-electron chi connectivity index (χ1n) is 11.5. The maximum atomic E-state index is 14.8. The number of nitrogens with zero attached hydrogens (tertiary/aromatic N) is 5. The predicted molar refractivity (Wildman–Crippen MR) is 123 cm³/mol. The molecular formula is C25H23FN6O2. The van der Waals surface area contributed by atoms with Gasteiger partial charge in [-0.1, -0.05) is 24.3 Å². The van der Waals surface area contributed by atoms with Crippen LogP contribution in [0.3, 0.4) is 0 Å². The lowest BCUT2D eigenvalue weighted by Gasteiger charge is -2.32. The van der Waals surface area contributed by atoms with Crippen LogP contribution in [-0.2, 0) is 13.0 Å². The average molecular weight is 458 g/mol. The number of carbonyl (C=O) groups is 1. The first-order valence-corrected chi connectivity index (χ1v) is 11.5. The van der Waals surface area contributed by atoms with Gasteiger partial charge in [0.1, 0.15) is 11.6 Å². The van der Waals surface area contributed by atoms with Crippen LogP contribution in [0.25, 0.3) is 10.8 Å². The molecule has 2 aliphatic rings. The number of benzene rings is 2. The number of nitrogens with one attached hydrogen (secondary N) is 1. The van der Waals surface area contributed by atoms with E-state index in [1.54, 1.807) is 29.2 Å². The Kier molecular flexibility index (Phi) is 4.79. The summed E-state index contributed by atoms with van der Waals surface area (Å²) in [5, 5.41) is 16.7. The number of amides is 1. The van der Waals surface area contributed by atoms with Crippen LogP contribution in [0, 0.1) is 5.82 Å². The highest BCUT2D eigenvalue weighted by Crippen LogP contribution is 2.41. The largest absolute Gasteiger partial charge is 0.329 e. The van der Waals surface area contributed by atoms with Gasteiger partial charge in [0.15, 0.2) is 5.82 Å². The van der Waals surface area contributed by atoms with Gasteiger partial charge in [0, 0.05) is 24.3 Å². The minimum atomic E-state index is -0.564. The lowest BCUT2D eigenvalue weighted by molar-refractivity contribution is 0.0674. The number of hydrogen-bond acceptors (Lipinski definition) is 5. The zero-order chi connectivity index (χ0) is 23.4. The summed E-state index contributed by atoms with van der Waals surface area (Å²) in [4.78, 5) is 27.1. The van der Waals surface area contributed by atoms with Gasteiger partial charge in [0.25, 0.3) is 11.5 Å². The molecule has 9 heteroatoms. The highest BCUT2D eigenvalue weighted by Gasteiger charge is 2.36. The second kappa shape index (κ2) is 7.86. The Morgan fingerprint density at radius 1 is 1.15 bits per heavy atom. The summed E-state index contributed by atoms with van der Waals surface area (Å²) >= 11 is 0. The standard InChI is InChI=1S/C25H23FN6O2/c1-14-12-31(13-22-28-29-23(32(14)22)16-7-8-16)25(34)19-10-15(6-9-20(19)26)11-21-17-4-2-3-5-18(17)24(33)30-27-21/h2-6,9-10,14,16H,7-8,11-13H2,1H3,(H,30,33). The Morgan fingerprint density at radius 3 is 2.74 bits per heavy atom. The molecule has 1 atom stereocenters. The molecule has 172 valence electrons. The van der Waals surface area contributed by atoms with Crippen molar-refractivity contribution < 1.29 is 9.18 Å². The summed E-state index contributed by atoms with van der Waals surface area (Å²) in [5.41, 5.74) is 1.16. The fraction of sp³-hybridized carbons (Fsp3) is 0.320. The van der Waals surface area contributed by atoms with Crippen LogP contribution in [0.4, 0.5) is 4.39 Å². The minimum absolute atomic E-state index is 0.0220. The Morgan fingerprint density at radius 2 is 1.94 bits per heavy atom. The van der Waals surface area contributed by atoms with Crippen LogP contribution >= 0.6 is 0 Å². The van der Waals surface area contributed by atoms with E-state index in [4.69, 9.17) is 0 Å². The number of carbonyl (C=O) groups excluding carboxylic acids is 1. The van der Waals surface area contributed by atoms with E-state index >= 15 is 0 Å². The summed E-state index contributed by atoms with van der Waals surface area (Å²) in [6.45, 7) is 2.82. The van der Waals surface area contributed by atoms with Crippen LogP contribution < -0.4 is 5.56 Å². The third-order valence-corrected chi connectivity index (χ3v) is 6.69. The zero-order valence-corrected chi connectivity index (χ0v) is 18.7. The normalized spacial score (nSPS) is 17.7. The van der Waals surface area contributed by atoms with Crippen molar-refractivity contribution in [2.75, 3.05) is 6.54 Å². The Balaban J connectivity index is 1.29. The molecule has 1 saturated carbocycles. The van der Waals surface area contributed by atoms with Crippen LogP contribution in [0.1, 0.15) is 65.0 Å². The average Bonchev–Trinajstić information content (AvgIpc) is 3.60. The molecule has 1 fully saturated rings. The topological polar surface area (TPSA) is 96.8 Å². The van der Waals surface area contributed by atoms with Gasteiger partial charge >= 0.3 is 0 Å². The van der Waals surface area contributed by atoms with Gasteiger partial charge in [-0.25, -0.2) is 9.49 Å². The van der Waals surface area contributed by atoms with E-state index in [1.165, 1.54) is 6.07 Å². The Bertz CT molecular complexity index is 1490. The molecule has 0 spiro atoms.